The number of halogens is 1. The molecule has 0 spiro atoms. The second-order valence-corrected chi connectivity index (χ2v) is 3.76. The minimum Gasteiger partial charge on any atom is -0.388 e. The van der Waals surface area contributed by atoms with Gasteiger partial charge in [-0.3, -0.25) is 0 Å². The summed E-state index contributed by atoms with van der Waals surface area (Å²) in [7, 11) is 0. The molecule has 1 unspecified atom stereocenters. The van der Waals surface area contributed by atoms with Crippen LogP contribution in [-0.2, 0) is 0 Å². The minimum atomic E-state index is -0.459. The van der Waals surface area contributed by atoms with Gasteiger partial charge in [0, 0.05) is 0 Å². The van der Waals surface area contributed by atoms with Crippen molar-refractivity contribution < 1.29 is 9.50 Å². The van der Waals surface area contributed by atoms with E-state index in [4.69, 9.17) is 0 Å². The first-order valence-electron chi connectivity index (χ1n) is 5.01. The summed E-state index contributed by atoms with van der Waals surface area (Å²) >= 11 is 0. The summed E-state index contributed by atoms with van der Waals surface area (Å²) in [5.41, 5.74) is 2.28. The summed E-state index contributed by atoms with van der Waals surface area (Å²) in [5.74, 6) is -0.199. The van der Waals surface area contributed by atoms with Crippen molar-refractivity contribution in [2.75, 3.05) is 0 Å². The Kier molecular flexibility index (Phi) is 3.64. The number of hydrogen-bond acceptors (Lipinski definition) is 1. The van der Waals surface area contributed by atoms with E-state index in [1.165, 1.54) is 6.07 Å². The Balaban J connectivity index is 3.02. The number of aliphatic hydroxyl groups excluding tert-OH is 1. The van der Waals surface area contributed by atoms with E-state index in [-0.39, 0.29) is 5.82 Å². The topological polar surface area (TPSA) is 20.2 Å². The van der Waals surface area contributed by atoms with Gasteiger partial charge in [0.2, 0.25) is 0 Å². The highest BCUT2D eigenvalue weighted by Crippen LogP contribution is 2.24. The Morgan fingerprint density at radius 2 is 1.93 bits per heavy atom. The average Bonchev–Trinajstić information content (AvgIpc) is 2.11. The lowest BCUT2D eigenvalue weighted by Gasteiger charge is -2.14. The van der Waals surface area contributed by atoms with Crippen LogP contribution in [0, 0.1) is 19.7 Å². The first-order valence-corrected chi connectivity index (χ1v) is 5.01. The fourth-order valence-electron chi connectivity index (χ4n) is 1.59. The molecule has 0 saturated heterocycles. The van der Waals surface area contributed by atoms with Crippen molar-refractivity contribution in [1.82, 2.24) is 0 Å². The Morgan fingerprint density at radius 1 is 1.29 bits per heavy atom. The summed E-state index contributed by atoms with van der Waals surface area (Å²) in [6.45, 7) is 5.57. The predicted molar refractivity (Wildman–Crippen MR) is 55.7 cm³/mol. The first kappa shape index (κ1) is 11.2. The molecular formula is C12H17FO. The number of benzene rings is 1. The monoisotopic (exact) mass is 196 g/mol. The van der Waals surface area contributed by atoms with Crippen molar-refractivity contribution in [3.05, 3.63) is 34.6 Å². The van der Waals surface area contributed by atoms with Gasteiger partial charge in [0.15, 0.2) is 0 Å². The van der Waals surface area contributed by atoms with Gasteiger partial charge in [-0.15, -0.1) is 0 Å². The van der Waals surface area contributed by atoms with Crippen LogP contribution in [-0.4, -0.2) is 5.11 Å². The van der Waals surface area contributed by atoms with Crippen molar-refractivity contribution in [1.29, 1.82) is 0 Å². The first-order chi connectivity index (χ1) is 6.56. The van der Waals surface area contributed by atoms with Crippen LogP contribution in [0.1, 0.15) is 42.6 Å². The zero-order valence-corrected chi connectivity index (χ0v) is 8.97. The normalized spacial score (nSPS) is 12.9. The zero-order chi connectivity index (χ0) is 10.7. The number of aliphatic hydroxyl groups is 1. The zero-order valence-electron chi connectivity index (χ0n) is 8.97. The molecule has 0 saturated carbocycles. The molecule has 1 atom stereocenters. The highest BCUT2D eigenvalue weighted by molar-refractivity contribution is 5.33. The maximum Gasteiger partial charge on any atom is 0.126 e. The van der Waals surface area contributed by atoms with E-state index >= 15 is 0 Å². The van der Waals surface area contributed by atoms with Gasteiger partial charge < -0.3 is 5.11 Å². The van der Waals surface area contributed by atoms with Crippen LogP contribution < -0.4 is 0 Å². The van der Waals surface area contributed by atoms with Crippen molar-refractivity contribution >= 4 is 0 Å². The molecule has 2 heteroatoms. The van der Waals surface area contributed by atoms with Gasteiger partial charge >= 0.3 is 0 Å². The van der Waals surface area contributed by atoms with Gasteiger partial charge in [0.25, 0.3) is 0 Å². The number of rotatable bonds is 3. The van der Waals surface area contributed by atoms with Gasteiger partial charge in [0.05, 0.1) is 6.10 Å². The molecule has 1 nitrogen and oxygen atoms in total. The second kappa shape index (κ2) is 4.56. The van der Waals surface area contributed by atoms with E-state index < -0.39 is 6.10 Å². The SMILES string of the molecule is CCCC(O)c1cc(C)c(F)cc1C. The smallest absolute Gasteiger partial charge is 0.126 e. The van der Waals surface area contributed by atoms with Gasteiger partial charge in [-0.25, -0.2) is 4.39 Å². The lowest BCUT2D eigenvalue weighted by Crippen LogP contribution is -2.01. The van der Waals surface area contributed by atoms with Gasteiger partial charge in [-0.2, -0.15) is 0 Å². The van der Waals surface area contributed by atoms with Crippen molar-refractivity contribution in [2.24, 2.45) is 0 Å². The predicted octanol–water partition coefficient (Wildman–Crippen LogP) is 3.28. The van der Waals surface area contributed by atoms with Crippen LogP contribution in [0.5, 0.6) is 0 Å². The van der Waals surface area contributed by atoms with E-state index in [0.717, 1.165) is 24.0 Å². The summed E-state index contributed by atoms with van der Waals surface area (Å²) < 4.78 is 13.1. The molecule has 1 rings (SSSR count). The molecule has 0 heterocycles. The van der Waals surface area contributed by atoms with Crippen LogP contribution >= 0.6 is 0 Å². The molecule has 0 amide bonds. The van der Waals surface area contributed by atoms with Crippen LogP contribution in [0.3, 0.4) is 0 Å². The molecule has 1 aromatic carbocycles. The average molecular weight is 196 g/mol. The van der Waals surface area contributed by atoms with E-state index in [9.17, 15) is 9.50 Å². The highest BCUT2D eigenvalue weighted by atomic mass is 19.1. The minimum absolute atomic E-state index is 0.199. The molecule has 0 aromatic heterocycles. The molecule has 0 aliphatic rings. The lowest BCUT2D eigenvalue weighted by atomic mass is 9.98. The molecule has 0 fully saturated rings. The lowest BCUT2D eigenvalue weighted by molar-refractivity contribution is 0.165. The van der Waals surface area contributed by atoms with Crippen LogP contribution in [0.4, 0.5) is 4.39 Å². The number of hydrogen-bond donors (Lipinski definition) is 1. The molecule has 0 aliphatic heterocycles. The van der Waals surface area contributed by atoms with E-state index in [0.29, 0.717) is 5.56 Å². The third-order valence-electron chi connectivity index (χ3n) is 2.47. The number of aryl methyl sites for hydroxylation is 2. The highest BCUT2D eigenvalue weighted by Gasteiger charge is 2.11. The van der Waals surface area contributed by atoms with Crippen molar-refractivity contribution in [3.63, 3.8) is 0 Å². The third kappa shape index (κ3) is 2.32. The molecule has 78 valence electrons. The van der Waals surface area contributed by atoms with Crippen LogP contribution in [0.15, 0.2) is 12.1 Å². The largest absolute Gasteiger partial charge is 0.388 e. The Hall–Kier alpha value is -0.890. The quantitative estimate of drug-likeness (QED) is 0.786. The Bertz CT molecular complexity index is 320. The standard InChI is InChI=1S/C12H17FO/c1-4-5-12(14)10-6-9(3)11(13)7-8(10)2/h6-7,12,14H,4-5H2,1-3H3. The summed E-state index contributed by atoms with van der Waals surface area (Å²) in [5, 5.41) is 9.79. The molecule has 0 radical (unpaired) electrons. The Morgan fingerprint density at radius 3 is 2.50 bits per heavy atom. The molecule has 0 aliphatic carbocycles. The summed E-state index contributed by atoms with van der Waals surface area (Å²) in [4.78, 5) is 0. The molecular weight excluding hydrogens is 179 g/mol. The molecule has 1 aromatic rings. The van der Waals surface area contributed by atoms with Crippen LogP contribution in [0.2, 0.25) is 0 Å². The van der Waals surface area contributed by atoms with Crippen LogP contribution in [0.25, 0.3) is 0 Å². The van der Waals surface area contributed by atoms with E-state index in [1.807, 2.05) is 13.8 Å². The summed E-state index contributed by atoms with van der Waals surface area (Å²) in [6, 6.07) is 3.23. The fourth-order valence-corrected chi connectivity index (χ4v) is 1.59. The molecule has 0 bridgehead atoms. The van der Waals surface area contributed by atoms with E-state index in [1.54, 1.807) is 13.0 Å². The Labute approximate surface area is 84.6 Å². The van der Waals surface area contributed by atoms with Gasteiger partial charge in [-0.05, 0) is 43.0 Å². The van der Waals surface area contributed by atoms with Gasteiger partial charge in [-0.1, -0.05) is 19.4 Å². The van der Waals surface area contributed by atoms with Crippen molar-refractivity contribution in [3.8, 4) is 0 Å². The third-order valence-corrected chi connectivity index (χ3v) is 2.47. The van der Waals surface area contributed by atoms with Crippen molar-refractivity contribution in [2.45, 2.75) is 39.7 Å². The maximum atomic E-state index is 13.1. The summed E-state index contributed by atoms with van der Waals surface area (Å²) in [6.07, 6.45) is 1.20. The fraction of sp³-hybridized carbons (Fsp3) is 0.500. The second-order valence-electron chi connectivity index (χ2n) is 3.76. The maximum absolute atomic E-state index is 13.1. The molecule has 1 N–H and O–H groups in total. The molecule has 14 heavy (non-hydrogen) atoms. The van der Waals surface area contributed by atoms with Gasteiger partial charge in [0.1, 0.15) is 5.82 Å². The van der Waals surface area contributed by atoms with E-state index in [2.05, 4.69) is 0 Å².